The van der Waals surface area contributed by atoms with Crippen LogP contribution in [-0.2, 0) is 6.54 Å². The number of nitrogens with zero attached hydrogens (tertiary/aromatic N) is 1. The van der Waals surface area contributed by atoms with Crippen molar-refractivity contribution in [3.05, 3.63) is 35.1 Å². The Morgan fingerprint density at radius 2 is 2.14 bits per heavy atom. The topological polar surface area (TPSA) is 23.5 Å². The van der Waals surface area contributed by atoms with Crippen molar-refractivity contribution in [3.8, 4) is 11.8 Å². The van der Waals surface area contributed by atoms with Crippen LogP contribution in [0.15, 0.2) is 18.2 Å². The lowest BCUT2D eigenvalue weighted by molar-refractivity contribution is 0.117. The fourth-order valence-electron chi connectivity index (χ4n) is 2.84. The van der Waals surface area contributed by atoms with Crippen LogP contribution in [0.5, 0.6) is 0 Å². The third kappa shape index (κ3) is 4.56. The van der Waals surface area contributed by atoms with Crippen LogP contribution in [0.3, 0.4) is 0 Å². The van der Waals surface area contributed by atoms with E-state index in [0.29, 0.717) is 18.4 Å². The Morgan fingerprint density at radius 3 is 2.90 bits per heavy atom. The molecule has 2 unspecified atom stereocenters. The molecule has 0 spiro atoms. The van der Waals surface area contributed by atoms with Crippen molar-refractivity contribution in [2.45, 2.75) is 45.7 Å². The van der Waals surface area contributed by atoms with Crippen LogP contribution in [0.1, 0.15) is 44.2 Å². The molecule has 1 aliphatic heterocycles. The highest BCUT2D eigenvalue weighted by Crippen LogP contribution is 2.24. The van der Waals surface area contributed by atoms with Crippen LogP contribution in [-0.4, -0.2) is 29.2 Å². The first-order chi connectivity index (χ1) is 10.1. The lowest BCUT2D eigenvalue weighted by atomic mass is 9.94. The van der Waals surface area contributed by atoms with E-state index in [1.54, 1.807) is 0 Å². The van der Waals surface area contributed by atoms with Gasteiger partial charge in [-0.1, -0.05) is 24.8 Å². The average Bonchev–Trinajstić information content (AvgIpc) is 2.46. The molecule has 21 heavy (non-hydrogen) atoms. The molecule has 0 aromatic heterocycles. The van der Waals surface area contributed by atoms with E-state index in [4.69, 9.17) is 5.11 Å². The number of hydrogen-bond acceptors (Lipinski definition) is 2. The Balaban J connectivity index is 2.17. The van der Waals surface area contributed by atoms with Gasteiger partial charge in [0.2, 0.25) is 0 Å². The van der Waals surface area contributed by atoms with E-state index in [-0.39, 0.29) is 12.4 Å². The molecule has 1 saturated heterocycles. The normalized spacial score (nSPS) is 22.7. The summed E-state index contributed by atoms with van der Waals surface area (Å²) in [6.45, 7) is 6.48. The molecule has 3 heteroatoms. The van der Waals surface area contributed by atoms with E-state index < -0.39 is 0 Å². The molecule has 114 valence electrons. The van der Waals surface area contributed by atoms with Crippen molar-refractivity contribution in [3.63, 3.8) is 0 Å². The van der Waals surface area contributed by atoms with E-state index in [1.807, 2.05) is 6.07 Å². The monoisotopic (exact) mass is 289 g/mol. The summed E-state index contributed by atoms with van der Waals surface area (Å²) in [5, 5.41) is 8.81. The SMILES string of the molecule is CC1CCC(C)N(Cc2ccc(F)cc2C#CCCO)C1. The molecular weight excluding hydrogens is 265 g/mol. The Kier molecular flexibility index (Phi) is 5.78. The highest BCUT2D eigenvalue weighted by Gasteiger charge is 2.23. The van der Waals surface area contributed by atoms with E-state index >= 15 is 0 Å². The maximum Gasteiger partial charge on any atom is 0.124 e. The van der Waals surface area contributed by atoms with Gasteiger partial charge in [0, 0.05) is 31.1 Å². The van der Waals surface area contributed by atoms with Gasteiger partial charge in [-0.2, -0.15) is 0 Å². The minimum atomic E-state index is -0.257. The third-order valence-corrected chi connectivity index (χ3v) is 4.15. The zero-order chi connectivity index (χ0) is 15.2. The third-order valence-electron chi connectivity index (χ3n) is 4.15. The Hall–Kier alpha value is -1.37. The minimum absolute atomic E-state index is 0.0400. The summed E-state index contributed by atoms with van der Waals surface area (Å²) < 4.78 is 13.4. The van der Waals surface area contributed by atoms with E-state index in [9.17, 15) is 4.39 Å². The molecule has 1 heterocycles. The zero-order valence-electron chi connectivity index (χ0n) is 12.9. The van der Waals surface area contributed by atoms with Gasteiger partial charge in [-0.15, -0.1) is 0 Å². The number of aliphatic hydroxyl groups excluding tert-OH is 1. The molecule has 0 radical (unpaired) electrons. The lowest BCUT2D eigenvalue weighted by Crippen LogP contribution is -2.40. The van der Waals surface area contributed by atoms with E-state index in [0.717, 1.165) is 24.2 Å². The van der Waals surface area contributed by atoms with Gasteiger partial charge >= 0.3 is 0 Å². The maximum atomic E-state index is 13.4. The molecule has 0 amide bonds. The molecule has 0 aliphatic carbocycles. The quantitative estimate of drug-likeness (QED) is 0.864. The molecule has 2 nitrogen and oxygen atoms in total. The molecular formula is C18H24FNO. The average molecular weight is 289 g/mol. The van der Waals surface area contributed by atoms with Crippen molar-refractivity contribution in [2.24, 2.45) is 5.92 Å². The summed E-state index contributed by atoms with van der Waals surface area (Å²) >= 11 is 0. The van der Waals surface area contributed by atoms with Crippen molar-refractivity contribution < 1.29 is 9.50 Å². The molecule has 1 fully saturated rings. The predicted molar refractivity (Wildman–Crippen MR) is 83.3 cm³/mol. The van der Waals surface area contributed by atoms with Crippen LogP contribution < -0.4 is 0 Å². The Morgan fingerprint density at radius 1 is 1.33 bits per heavy atom. The van der Waals surface area contributed by atoms with Crippen LogP contribution in [0.25, 0.3) is 0 Å². The summed E-state index contributed by atoms with van der Waals surface area (Å²) in [6.07, 6.45) is 2.92. The number of piperidine rings is 1. The van der Waals surface area contributed by atoms with Crippen molar-refractivity contribution >= 4 is 0 Å². The van der Waals surface area contributed by atoms with Gasteiger partial charge < -0.3 is 5.11 Å². The molecule has 1 aromatic carbocycles. The Labute approximate surface area is 127 Å². The minimum Gasteiger partial charge on any atom is -0.395 e. The molecule has 1 aromatic rings. The lowest BCUT2D eigenvalue weighted by Gasteiger charge is -2.37. The summed E-state index contributed by atoms with van der Waals surface area (Å²) in [5.74, 6) is 6.34. The molecule has 1 N–H and O–H groups in total. The first kappa shape index (κ1) is 16.0. The van der Waals surface area contributed by atoms with Gasteiger partial charge in [-0.05, 0) is 43.4 Å². The summed E-state index contributed by atoms with van der Waals surface area (Å²) in [7, 11) is 0. The second-order valence-electron chi connectivity index (χ2n) is 6.04. The second kappa shape index (κ2) is 7.59. The number of rotatable bonds is 3. The first-order valence-electron chi connectivity index (χ1n) is 7.72. The molecule has 0 saturated carbocycles. The summed E-state index contributed by atoms with van der Waals surface area (Å²) in [5.41, 5.74) is 1.82. The highest BCUT2D eigenvalue weighted by atomic mass is 19.1. The highest BCUT2D eigenvalue weighted by molar-refractivity contribution is 5.41. The van der Waals surface area contributed by atoms with Gasteiger partial charge in [0.15, 0.2) is 0 Å². The van der Waals surface area contributed by atoms with Gasteiger partial charge in [-0.25, -0.2) is 4.39 Å². The van der Waals surface area contributed by atoms with Gasteiger partial charge in [-0.3, -0.25) is 4.90 Å². The van der Waals surface area contributed by atoms with Gasteiger partial charge in [0.05, 0.1) is 6.61 Å². The van der Waals surface area contributed by atoms with Gasteiger partial charge in [0.1, 0.15) is 5.82 Å². The fraction of sp³-hybridized carbons (Fsp3) is 0.556. The predicted octanol–water partition coefficient (Wildman–Crippen LogP) is 3.18. The first-order valence-corrected chi connectivity index (χ1v) is 7.72. The molecule has 0 bridgehead atoms. The number of hydrogen-bond donors (Lipinski definition) is 1. The van der Waals surface area contributed by atoms with Crippen molar-refractivity contribution in [1.29, 1.82) is 0 Å². The van der Waals surface area contributed by atoms with Gasteiger partial charge in [0.25, 0.3) is 0 Å². The number of benzene rings is 1. The second-order valence-corrected chi connectivity index (χ2v) is 6.04. The van der Waals surface area contributed by atoms with Crippen LogP contribution >= 0.6 is 0 Å². The summed E-state index contributed by atoms with van der Waals surface area (Å²) in [4.78, 5) is 2.46. The zero-order valence-corrected chi connectivity index (χ0v) is 12.9. The van der Waals surface area contributed by atoms with E-state index in [2.05, 4.69) is 30.6 Å². The van der Waals surface area contributed by atoms with Crippen LogP contribution in [0, 0.1) is 23.6 Å². The largest absolute Gasteiger partial charge is 0.395 e. The number of likely N-dealkylation sites (tertiary alicyclic amines) is 1. The molecule has 2 rings (SSSR count). The van der Waals surface area contributed by atoms with Crippen molar-refractivity contribution in [1.82, 2.24) is 4.90 Å². The summed E-state index contributed by atoms with van der Waals surface area (Å²) in [6, 6.07) is 5.40. The van der Waals surface area contributed by atoms with E-state index in [1.165, 1.54) is 25.0 Å². The number of aliphatic hydroxyl groups is 1. The Bertz CT molecular complexity index is 532. The fourth-order valence-corrected chi connectivity index (χ4v) is 2.84. The van der Waals surface area contributed by atoms with Crippen LogP contribution in [0.4, 0.5) is 4.39 Å². The molecule has 1 aliphatic rings. The standard InChI is InChI=1S/C18H24FNO/c1-14-6-7-15(2)20(12-14)13-17-8-9-18(19)11-16(17)5-3-4-10-21/h8-9,11,14-15,21H,4,6-7,10,12-13H2,1-2H3. The number of halogens is 1. The van der Waals surface area contributed by atoms with Crippen molar-refractivity contribution in [2.75, 3.05) is 13.2 Å². The molecule has 2 atom stereocenters. The van der Waals surface area contributed by atoms with Crippen LogP contribution in [0.2, 0.25) is 0 Å². The smallest absolute Gasteiger partial charge is 0.124 e. The maximum absolute atomic E-state index is 13.4.